The summed E-state index contributed by atoms with van der Waals surface area (Å²) < 4.78 is 35.7. The average molecular weight is 262 g/mol. The highest BCUT2D eigenvalue weighted by Gasteiger charge is 2.14. The van der Waals surface area contributed by atoms with Gasteiger partial charge in [-0.1, -0.05) is 0 Å². The van der Waals surface area contributed by atoms with E-state index < -0.39 is 22.3 Å². The summed E-state index contributed by atoms with van der Waals surface area (Å²) in [5.74, 6) is -0.653. The third-order valence-electron chi connectivity index (χ3n) is 2.28. The first-order valence-corrected chi connectivity index (χ1v) is 7.04. The number of rotatable bonds is 5. The zero-order valence-corrected chi connectivity index (χ0v) is 10.5. The molecule has 0 saturated heterocycles. The summed E-state index contributed by atoms with van der Waals surface area (Å²) in [6.07, 6.45) is 2.50. The second-order valence-electron chi connectivity index (χ2n) is 3.82. The first-order chi connectivity index (χ1) is 7.85. The molecule has 1 N–H and O–H groups in total. The Morgan fingerprint density at radius 2 is 2.18 bits per heavy atom. The van der Waals surface area contributed by atoms with Gasteiger partial charge in [-0.2, -0.15) is 0 Å². The van der Waals surface area contributed by atoms with Crippen LogP contribution in [0.3, 0.4) is 0 Å². The van der Waals surface area contributed by atoms with Gasteiger partial charge in [0, 0.05) is 31.6 Å². The molecule has 0 radical (unpaired) electrons. The highest BCUT2D eigenvalue weighted by Crippen LogP contribution is 2.18. The second kappa shape index (κ2) is 5.42. The molecule has 0 spiro atoms. The minimum absolute atomic E-state index is 0.0419. The zero-order valence-electron chi connectivity index (χ0n) is 9.72. The van der Waals surface area contributed by atoms with E-state index in [4.69, 9.17) is 5.11 Å². The minimum Gasteiger partial charge on any atom is -0.392 e. The highest BCUT2D eigenvalue weighted by atomic mass is 32.2. The van der Waals surface area contributed by atoms with Gasteiger partial charge in [-0.25, -0.2) is 17.8 Å². The summed E-state index contributed by atoms with van der Waals surface area (Å²) in [5, 5.41) is 8.90. The van der Waals surface area contributed by atoms with Crippen LogP contribution in [-0.2, 0) is 16.4 Å². The lowest BCUT2D eigenvalue weighted by Gasteiger charge is -2.18. The van der Waals surface area contributed by atoms with Crippen molar-refractivity contribution >= 4 is 15.7 Å². The maximum Gasteiger partial charge on any atom is 0.171 e. The number of aliphatic hydroxyl groups is 1. The summed E-state index contributed by atoms with van der Waals surface area (Å²) in [5.41, 5.74) is 0.140. The van der Waals surface area contributed by atoms with Crippen LogP contribution >= 0.6 is 0 Å². The smallest absolute Gasteiger partial charge is 0.171 e. The van der Waals surface area contributed by atoms with Crippen molar-refractivity contribution in [2.45, 2.75) is 6.61 Å². The molecule has 0 unspecified atom stereocenters. The van der Waals surface area contributed by atoms with E-state index in [0.717, 1.165) is 6.26 Å². The van der Waals surface area contributed by atoms with E-state index in [9.17, 15) is 12.8 Å². The second-order valence-corrected chi connectivity index (χ2v) is 6.08. The summed E-state index contributed by atoms with van der Waals surface area (Å²) in [6, 6.07) is 1.38. The normalized spacial score (nSPS) is 11.5. The lowest BCUT2D eigenvalue weighted by molar-refractivity contribution is 0.275. The molecule has 0 saturated carbocycles. The lowest BCUT2D eigenvalue weighted by atomic mass is 10.2. The molecular weight excluding hydrogens is 247 g/mol. The Morgan fingerprint density at radius 3 is 2.71 bits per heavy atom. The van der Waals surface area contributed by atoms with Crippen molar-refractivity contribution < 1.29 is 17.9 Å². The molecule has 96 valence electrons. The summed E-state index contributed by atoms with van der Waals surface area (Å²) in [6.45, 7) is -0.265. The minimum atomic E-state index is -3.10. The van der Waals surface area contributed by atoms with Crippen LogP contribution in [0, 0.1) is 5.82 Å². The third kappa shape index (κ3) is 3.94. The van der Waals surface area contributed by atoms with Gasteiger partial charge in [0.2, 0.25) is 0 Å². The van der Waals surface area contributed by atoms with Crippen molar-refractivity contribution in [1.82, 2.24) is 4.98 Å². The van der Waals surface area contributed by atoms with Crippen LogP contribution in [0.4, 0.5) is 10.2 Å². The van der Waals surface area contributed by atoms with Gasteiger partial charge < -0.3 is 10.0 Å². The molecule has 5 nitrogen and oxygen atoms in total. The van der Waals surface area contributed by atoms with Gasteiger partial charge in [0.1, 0.15) is 9.84 Å². The molecule has 7 heteroatoms. The number of aliphatic hydroxyl groups excluding tert-OH is 1. The Bertz CT molecular complexity index is 490. The van der Waals surface area contributed by atoms with Crippen molar-refractivity contribution in [3.8, 4) is 0 Å². The number of hydrogen-bond acceptors (Lipinski definition) is 5. The van der Waals surface area contributed by atoms with Gasteiger partial charge in [-0.3, -0.25) is 0 Å². The fourth-order valence-electron chi connectivity index (χ4n) is 1.27. The fraction of sp³-hybridized carbons (Fsp3) is 0.500. The van der Waals surface area contributed by atoms with Crippen LogP contribution in [0.25, 0.3) is 0 Å². The molecule has 0 aliphatic carbocycles. The predicted octanol–water partition coefficient (Wildman–Crippen LogP) is 0.194. The summed E-state index contributed by atoms with van der Waals surface area (Å²) in [7, 11) is -1.54. The zero-order chi connectivity index (χ0) is 13.1. The first kappa shape index (κ1) is 13.9. The average Bonchev–Trinajstić information content (AvgIpc) is 2.25. The molecule has 0 fully saturated rings. The quantitative estimate of drug-likeness (QED) is 0.820. The highest BCUT2D eigenvalue weighted by molar-refractivity contribution is 7.90. The van der Waals surface area contributed by atoms with E-state index in [1.165, 1.54) is 17.2 Å². The van der Waals surface area contributed by atoms with E-state index >= 15 is 0 Å². The Hall–Kier alpha value is -1.21. The molecule has 0 amide bonds. The molecule has 0 aliphatic heterocycles. The Kier molecular flexibility index (Phi) is 4.41. The van der Waals surface area contributed by atoms with Gasteiger partial charge in [0.05, 0.1) is 12.4 Å². The molecule has 1 heterocycles. The number of anilines is 1. The van der Waals surface area contributed by atoms with Gasteiger partial charge in [0.25, 0.3) is 0 Å². The van der Waals surface area contributed by atoms with Crippen LogP contribution in [-0.4, -0.2) is 44.1 Å². The van der Waals surface area contributed by atoms with E-state index in [-0.39, 0.29) is 23.7 Å². The number of halogens is 1. The maximum atomic E-state index is 13.7. The van der Waals surface area contributed by atoms with Crippen molar-refractivity contribution in [1.29, 1.82) is 0 Å². The van der Waals surface area contributed by atoms with Gasteiger partial charge in [-0.15, -0.1) is 0 Å². The number of hydrogen-bond donors (Lipinski definition) is 1. The fourth-order valence-corrected chi connectivity index (χ4v) is 1.87. The number of pyridine rings is 1. The SMILES string of the molecule is CN(CCS(C)(=O)=O)c1nccc(CO)c1F. The Labute approximate surface area is 99.8 Å². The molecule has 0 aromatic carbocycles. The van der Waals surface area contributed by atoms with Crippen molar-refractivity contribution in [3.05, 3.63) is 23.6 Å². The molecule has 0 aliphatic rings. The predicted molar refractivity (Wildman–Crippen MR) is 63.1 cm³/mol. The standard InChI is InChI=1S/C10H15FN2O3S/c1-13(5-6-17(2,15)16)10-9(11)8(7-14)3-4-12-10/h3-4,14H,5-7H2,1-2H3. The van der Waals surface area contributed by atoms with Crippen molar-refractivity contribution in [2.24, 2.45) is 0 Å². The number of aromatic nitrogens is 1. The number of sulfone groups is 1. The summed E-state index contributed by atoms with van der Waals surface area (Å²) >= 11 is 0. The van der Waals surface area contributed by atoms with Crippen LogP contribution in [0.2, 0.25) is 0 Å². The van der Waals surface area contributed by atoms with Crippen molar-refractivity contribution in [3.63, 3.8) is 0 Å². The van der Waals surface area contributed by atoms with Crippen LogP contribution in [0.1, 0.15) is 5.56 Å². The van der Waals surface area contributed by atoms with E-state index in [0.29, 0.717) is 0 Å². The molecule has 0 atom stereocenters. The molecule has 1 rings (SSSR count). The molecule has 1 aromatic heterocycles. The monoisotopic (exact) mass is 262 g/mol. The van der Waals surface area contributed by atoms with E-state index in [2.05, 4.69) is 4.98 Å². The molecule has 1 aromatic rings. The first-order valence-electron chi connectivity index (χ1n) is 4.98. The van der Waals surface area contributed by atoms with Gasteiger partial charge >= 0.3 is 0 Å². The van der Waals surface area contributed by atoms with Crippen LogP contribution in [0.15, 0.2) is 12.3 Å². The topological polar surface area (TPSA) is 70.5 Å². The van der Waals surface area contributed by atoms with Gasteiger partial charge in [-0.05, 0) is 6.07 Å². The summed E-state index contributed by atoms with van der Waals surface area (Å²) in [4.78, 5) is 5.24. The van der Waals surface area contributed by atoms with E-state index in [1.54, 1.807) is 7.05 Å². The molecule has 0 bridgehead atoms. The van der Waals surface area contributed by atoms with Crippen LogP contribution in [0.5, 0.6) is 0 Å². The molecule has 17 heavy (non-hydrogen) atoms. The maximum absolute atomic E-state index is 13.7. The Balaban J connectivity index is 2.86. The number of nitrogens with zero attached hydrogens (tertiary/aromatic N) is 2. The van der Waals surface area contributed by atoms with Crippen molar-refractivity contribution in [2.75, 3.05) is 30.5 Å². The third-order valence-corrected chi connectivity index (χ3v) is 3.20. The van der Waals surface area contributed by atoms with Gasteiger partial charge in [0.15, 0.2) is 11.6 Å². The van der Waals surface area contributed by atoms with E-state index in [1.807, 2.05) is 0 Å². The van der Waals surface area contributed by atoms with Crippen LogP contribution < -0.4 is 4.90 Å². The largest absolute Gasteiger partial charge is 0.392 e. The Morgan fingerprint density at radius 1 is 1.53 bits per heavy atom. The molecular formula is C10H15FN2O3S. The lowest BCUT2D eigenvalue weighted by Crippen LogP contribution is -2.26.